The van der Waals surface area contributed by atoms with Gasteiger partial charge in [0.2, 0.25) is 17.8 Å². The van der Waals surface area contributed by atoms with Crippen LogP contribution in [0.3, 0.4) is 0 Å². The number of rotatable bonds is 18. The van der Waals surface area contributed by atoms with E-state index >= 15 is 0 Å². The van der Waals surface area contributed by atoms with Crippen LogP contribution in [0.5, 0.6) is 0 Å². The summed E-state index contributed by atoms with van der Waals surface area (Å²) in [6, 6.07) is 11.2. The second kappa shape index (κ2) is 23.4. The zero-order valence-corrected chi connectivity index (χ0v) is 35.3. The van der Waals surface area contributed by atoms with E-state index in [1.54, 1.807) is 24.3 Å². The van der Waals surface area contributed by atoms with E-state index in [2.05, 4.69) is 46.1 Å². The van der Waals surface area contributed by atoms with Gasteiger partial charge in [-0.1, -0.05) is 6.92 Å². The Morgan fingerprint density at radius 2 is 1.25 bits per heavy atom. The number of fused-ring (bicyclic) bond motifs is 1. The summed E-state index contributed by atoms with van der Waals surface area (Å²) in [5.41, 5.74) is 7.15. The van der Waals surface area contributed by atoms with Crippen LogP contribution < -0.4 is 32.6 Å². The Labute approximate surface area is 367 Å². The molecule has 23 heteroatoms. The number of hydrogen-bond acceptors (Lipinski definition) is 16. The highest BCUT2D eigenvalue weighted by atomic mass is 16.4. The molecule has 23 nitrogen and oxygen atoms in total. The summed E-state index contributed by atoms with van der Waals surface area (Å²) in [6.45, 7) is 6.27. The molecule has 1 fully saturated rings. The first-order valence-corrected chi connectivity index (χ1v) is 20.6. The average molecular weight is 888 g/mol. The fourth-order valence-corrected chi connectivity index (χ4v) is 6.79. The summed E-state index contributed by atoms with van der Waals surface area (Å²) < 4.78 is 0. The lowest BCUT2D eigenvalue weighted by Crippen LogP contribution is -2.48. The van der Waals surface area contributed by atoms with E-state index in [1.807, 2.05) is 21.6 Å². The second-order valence-electron chi connectivity index (χ2n) is 15.0. The van der Waals surface area contributed by atoms with Gasteiger partial charge in [-0.3, -0.25) is 53.2 Å². The Bertz CT molecular complexity index is 2300. The average Bonchev–Trinajstić information content (AvgIpc) is 3.24. The molecule has 4 aromatic rings. The van der Waals surface area contributed by atoms with Crippen LogP contribution in [0.2, 0.25) is 0 Å². The molecule has 0 bridgehead atoms. The first-order valence-electron chi connectivity index (χ1n) is 20.6. The molecule has 1 unspecified atom stereocenters. The Hall–Kier alpha value is -7.08. The Morgan fingerprint density at radius 3 is 1.80 bits per heavy atom. The zero-order chi connectivity index (χ0) is 46.2. The molecule has 2 aromatic carbocycles. The number of nitrogens with one attached hydrogen (secondary N) is 5. The van der Waals surface area contributed by atoms with E-state index in [-0.39, 0.29) is 61.2 Å². The number of nitrogens with zero attached hydrogens (tertiary/aromatic N) is 7. The number of carbonyl (C=O) groups excluding carboxylic acids is 3. The first kappa shape index (κ1) is 48.0. The number of aliphatic carboxylic acids is 3. The minimum atomic E-state index is -1.22. The third-order valence-electron chi connectivity index (χ3n) is 10.3. The molecule has 1 atom stereocenters. The monoisotopic (exact) mass is 887 g/mol. The van der Waals surface area contributed by atoms with Crippen LogP contribution in [0.15, 0.2) is 59.5 Å². The third-order valence-corrected chi connectivity index (χ3v) is 10.3. The zero-order valence-electron chi connectivity index (χ0n) is 35.3. The van der Waals surface area contributed by atoms with Gasteiger partial charge in [0.1, 0.15) is 6.04 Å². The second-order valence-corrected chi connectivity index (χ2v) is 15.0. The molecule has 10 N–H and O–H groups in total. The molecule has 5 rings (SSSR count). The van der Waals surface area contributed by atoms with Crippen LogP contribution in [0, 0.1) is 0 Å². The third kappa shape index (κ3) is 15.4. The van der Waals surface area contributed by atoms with Crippen molar-refractivity contribution in [3.8, 4) is 0 Å². The minimum Gasteiger partial charge on any atom is -0.481 e. The number of carboxylic acids is 3. The molecule has 1 aliphatic heterocycles. The van der Waals surface area contributed by atoms with Crippen molar-refractivity contribution in [2.45, 2.75) is 32.4 Å². The van der Waals surface area contributed by atoms with E-state index in [9.17, 15) is 48.9 Å². The Morgan fingerprint density at radius 1 is 0.719 bits per heavy atom. The van der Waals surface area contributed by atoms with Gasteiger partial charge in [0, 0.05) is 81.4 Å². The minimum absolute atomic E-state index is 0.0314. The summed E-state index contributed by atoms with van der Waals surface area (Å²) in [5.74, 6) is -4.79. The molecule has 0 radical (unpaired) electrons. The smallest absolute Gasteiger partial charge is 0.317 e. The van der Waals surface area contributed by atoms with Gasteiger partial charge in [-0.15, -0.1) is 0 Å². The van der Waals surface area contributed by atoms with Crippen molar-refractivity contribution in [2.24, 2.45) is 0 Å². The fraction of sp³-hybridized carbons (Fsp3) is 0.415. The molecular weight excluding hydrogens is 835 g/mol. The molecule has 0 spiro atoms. The van der Waals surface area contributed by atoms with Crippen LogP contribution in [0.1, 0.15) is 35.8 Å². The topological polar surface area (TPSA) is 322 Å². The molecule has 342 valence electrons. The lowest BCUT2D eigenvalue weighted by Gasteiger charge is -2.33. The SMILES string of the molecule is CCN1CCN(CC(=O)O)CCN(CC(=O)Nc2ccc(NC(=O)C(CCC(=O)O)NC(=O)c3ccc(NCc4cnc5nc(N)[nH]c(=O)c5n4)cc3)cc2)CCN(CC(=O)O)CC1. The summed E-state index contributed by atoms with van der Waals surface area (Å²) >= 11 is 0. The number of carbonyl (C=O) groups is 6. The van der Waals surface area contributed by atoms with Crippen molar-refractivity contribution in [3.63, 3.8) is 0 Å². The van der Waals surface area contributed by atoms with Crippen LogP contribution in [-0.4, -0.2) is 175 Å². The van der Waals surface area contributed by atoms with Crippen LogP contribution >= 0.6 is 0 Å². The van der Waals surface area contributed by atoms with Crippen molar-refractivity contribution >= 4 is 69.8 Å². The normalized spacial score (nSPS) is 15.3. The van der Waals surface area contributed by atoms with E-state index in [0.29, 0.717) is 75.1 Å². The number of hydrogen-bond donors (Lipinski definition) is 9. The van der Waals surface area contributed by atoms with Gasteiger partial charge in [0.25, 0.3) is 11.5 Å². The largest absolute Gasteiger partial charge is 0.481 e. The lowest BCUT2D eigenvalue weighted by molar-refractivity contribution is -0.139. The molecule has 1 aliphatic rings. The number of aromatic amines is 1. The van der Waals surface area contributed by atoms with Gasteiger partial charge in [0.05, 0.1) is 38.1 Å². The number of aromatic nitrogens is 4. The standard InChI is InChI=1S/C41H53N13O10/c1-2-51-13-15-53(24-34(58)59)19-17-52(18-20-54(16-14-51)25-35(60)61)23-32(55)45-28-7-9-29(10-8-28)47-39(63)31(11-12-33(56)57)48-38(62)26-3-5-27(6-4-26)43-21-30-22-44-37-36(46-30)40(64)50-41(42)49-37/h3-10,22,31,43H,2,11-21,23-25H2,1H3,(H,45,55)(H,47,63)(H,48,62)(H,56,57)(H,58,59)(H,60,61)(H3,42,44,49,50,64). The number of carboxylic acid groups (broad SMARTS) is 3. The number of H-pyrrole nitrogens is 1. The maximum Gasteiger partial charge on any atom is 0.317 e. The van der Waals surface area contributed by atoms with Gasteiger partial charge in [-0.2, -0.15) is 4.98 Å². The number of amides is 3. The van der Waals surface area contributed by atoms with Gasteiger partial charge in [0.15, 0.2) is 11.2 Å². The quantitative estimate of drug-likeness (QED) is 0.0628. The number of nitrogens with two attached hydrogens (primary N) is 1. The molecule has 1 saturated heterocycles. The molecule has 0 aliphatic carbocycles. The first-order chi connectivity index (χ1) is 30.6. The van der Waals surface area contributed by atoms with Crippen molar-refractivity contribution in [3.05, 3.63) is 76.3 Å². The summed E-state index contributed by atoms with van der Waals surface area (Å²) in [5, 5.41) is 39.6. The molecule has 3 amide bonds. The summed E-state index contributed by atoms with van der Waals surface area (Å²) in [7, 11) is 0. The van der Waals surface area contributed by atoms with Crippen LogP contribution in [-0.2, 0) is 30.5 Å². The number of likely N-dealkylation sites (N-methyl/N-ethyl adjacent to an activating group) is 1. The highest BCUT2D eigenvalue weighted by Gasteiger charge is 2.24. The molecule has 2 aromatic heterocycles. The highest BCUT2D eigenvalue weighted by Crippen LogP contribution is 2.16. The number of benzene rings is 2. The van der Waals surface area contributed by atoms with Crippen molar-refractivity contribution < 1.29 is 44.1 Å². The Balaban J connectivity index is 1.15. The van der Waals surface area contributed by atoms with Crippen LogP contribution in [0.25, 0.3) is 11.2 Å². The molecule has 3 heterocycles. The van der Waals surface area contributed by atoms with E-state index < -0.39 is 47.7 Å². The molecule has 0 saturated carbocycles. The van der Waals surface area contributed by atoms with Gasteiger partial charge >= 0.3 is 17.9 Å². The summed E-state index contributed by atoms with van der Waals surface area (Å²) in [4.78, 5) is 109. The number of anilines is 4. The van der Waals surface area contributed by atoms with Crippen molar-refractivity contribution in [1.29, 1.82) is 0 Å². The summed E-state index contributed by atoms with van der Waals surface area (Å²) in [6.07, 6.45) is 0.848. The van der Waals surface area contributed by atoms with Gasteiger partial charge < -0.3 is 47.2 Å². The van der Waals surface area contributed by atoms with Crippen molar-refractivity contribution in [1.82, 2.24) is 44.9 Å². The van der Waals surface area contributed by atoms with Crippen LogP contribution in [0.4, 0.5) is 23.0 Å². The highest BCUT2D eigenvalue weighted by molar-refractivity contribution is 6.01. The predicted octanol–water partition coefficient (Wildman–Crippen LogP) is -0.141. The van der Waals surface area contributed by atoms with Gasteiger partial charge in [-0.05, 0) is 61.5 Å². The Kier molecular flexibility index (Phi) is 17.5. The van der Waals surface area contributed by atoms with Gasteiger partial charge in [-0.25, -0.2) is 9.97 Å². The lowest BCUT2D eigenvalue weighted by atomic mass is 10.1. The molecular formula is C41H53N13O10. The number of nitrogen functional groups attached to an aromatic ring is 1. The molecule has 64 heavy (non-hydrogen) atoms. The fourth-order valence-electron chi connectivity index (χ4n) is 6.79. The van der Waals surface area contributed by atoms with E-state index in [4.69, 9.17) is 5.73 Å². The maximum atomic E-state index is 13.4. The van der Waals surface area contributed by atoms with E-state index in [1.165, 1.54) is 30.5 Å². The van der Waals surface area contributed by atoms with Crippen molar-refractivity contribution in [2.75, 3.05) is 100 Å². The maximum absolute atomic E-state index is 13.4. The predicted molar refractivity (Wildman–Crippen MR) is 235 cm³/mol. The van der Waals surface area contributed by atoms with E-state index in [0.717, 1.165) is 6.54 Å².